The fourth-order valence-corrected chi connectivity index (χ4v) is 4.46. The molecule has 188 valence electrons. The van der Waals surface area contributed by atoms with Gasteiger partial charge in [-0.15, -0.1) is 10.2 Å². The van der Waals surface area contributed by atoms with E-state index in [0.717, 1.165) is 17.7 Å². The first kappa shape index (κ1) is 23.7. The van der Waals surface area contributed by atoms with Gasteiger partial charge in [-0.2, -0.15) is 5.21 Å². The van der Waals surface area contributed by atoms with Crippen molar-refractivity contribution in [3.8, 4) is 5.75 Å². The monoisotopic (exact) mass is 493 g/mol. The minimum atomic E-state index is -0.528. The molecule has 1 amide bonds. The van der Waals surface area contributed by atoms with Crippen molar-refractivity contribution in [1.29, 1.82) is 0 Å². The number of amides is 1. The number of fused-ring (bicyclic) bond motifs is 1. The van der Waals surface area contributed by atoms with Gasteiger partial charge >= 0.3 is 5.76 Å². The number of tetrazole rings is 1. The number of carbonyl (C=O) groups excluding carboxylic acids is 1. The molecule has 1 fully saturated rings. The van der Waals surface area contributed by atoms with Crippen LogP contribution in [-0.2, 0) is 17.8 Å². The number of nitrogens with zero attached hydrogens (tertiary/aromatic N) is 5. The van der Waals surface area contributed by atoms with Crippen LogP contribution in [0.15, 0.2) is 51.7 Å². The van der Waals surface area contributed by atoms with Crippen LogP contribution >= 0.6 is 0 Å². The van der Waals surface area contributed by atoms with E-state index in [2.05, 4.69) is 30.5 Å². The number of ether oxygens (including phenoxy) is 1. The van der Waals surface area contributed by atoms with Gasteiger partial charge in [0, 0.05) is 26.7 Å². The number of likely N-dealkylation sites (N-methyl/N-ethyl adjacent to an activating group) is 1. The third-order valence-electron chi connectivity index (χ3n) is 6.38. The number of hydrogen-bond donors (Lipinski definition) is 3. The Balaban J connectivity index is 1.35. The third-order valence-corrected chi connectivity index (χ3v) is 6.38. The van der Waals surface area contributed by atoms with Crippen LogP contribution in [0.4, 0.5) is 0 Å². The number of nitrogens with one attached hydrogen (secondary N) is 2. The highest BCUT2D eigenvalue weighted by Crippen LogP contribution is 2.27. The third kappa shape index (κ3) is 5.44. The number of carbonyl (C=O) groups is 1. The molecule has 0 aliphatic carbocycles. The second-order valence-corrected chi connectivity index (χ2v) is 8.93. The van der Waals surface area contributed by atoms with Crippen molar-refractivity contribution in [1.82, 2.24) is 35.4 Å². The van der Waals surface area contributed by atoms with Gasteiger partial charge in [0.25, 0.3) is 0 Å². The molecule has 12 heteroatoms. The molecule has 2 atom stereocenters. The average molecular weight is 494 g/mol. The number of benzene rings is 2. The molecule has 1 aliphatic heterocycles. The summed E-state index contributed by atoms with van der Waals surface area (Å²) in [6, 6.07) is 12.5. The SMILES string of the molecule is CN(C(=O)Cc1ccc2oc(=O)[nH]c2c1)C(CN1CC[C@@H](O)C1)c1cccc(OCc2nn[nH]n2)c1. The predicted octanol–water partition coefficient (Wildman–Crippen LogP) is 1.02. The molecular weight excluding hydrogens is 466 g/mol. The predicted molar refractivity (Wildman–Crippen MR) is 128 cm³/mol. The molecule has 0 saturated carbocycles. The van der Waals surface area contributed by atoms with Gasteiger partial charge in [0.1, 0.15) is 5.75 Å². The number of oxazole rings is 1. The first-order valence-corrected chi connectivity index (χ1v) is 11.7. The summed E-state index contributed by atoms with van der Waals surface area (Å²) < 4.78 is 10.9. The minimum absolute atomic E-state index is 0.0805. The molecule has 2 aromatic heterocycles. The number of aliphatic hydroxyl groups is 1. The molecular formula is C24H27N7O5. The summed E-state index contributed by atoms with van der Waals surface area (Å²) in [6.45, 7) is 2.06. The largest absolute Gasteiger partial charge is 0.485 e. The van der Waals surface area contributed by atoms with E-state index in [0.29, 0.717) is 42.2 Å². The van der Waals surface area contributed by atoms with E-state index in [1.165, 1.54) is 0 Å². The Hall–Kier alpha value is -4.03. The van der Waals surface area contributed by atoms with Crippen LogP contribution in [0.3, 0.4) is 0 Å². The average Bonchev–Trinajstić information content (AvgIpc) is 3.61. The van der Waals surface area contributed by atoms with Gasteiger partial charge in [-0.1, -0.05) is 23.4 Å². The maximum absolute atomic E-state index is 13.4. The van der Waals surface area contributed by atoms with Crippen LogP contribution in [-0.4, -0.2) is 79.2 Å². The highest BCUT2D eigenvalue weighted by Gasteiger charge is 2.28. The van der Waals surface area contributed by atoms with Crippen molar-refractivity contribution in [2.45, 2.75) is 31.6 Å². The Bertz CT molecular complexity index is 1380. The van der Waals surface area contributed by atoms with E-state index >= 15 is 0 Å². The van der Waals surface area contributed by atoms with E-state index in [9.17, 15) is 14.7 Å². The van der Waals surface area contributed by atoms with Gasteiger partial charge in [-0.25, -0.2) is 4.79 Å². The van der Waals surface area contributed by atoms with Crippen molar-refractivity contribution >= 4 is 17.0 Å². The molecule has 1 saturated heterocycles. The fourth-order valence-electron chi connectivity index (χ4n) is 4.46. The maximum Gasteiger partial charge on any atom is 0.417 e. The number of rotatable bonds is 9. The molecule has 3 heterocycles. The quantitative estimate of drug-likeness (QED) is 0.310. The molecule has 2 aromatic carbocycles. The highest BCUT2D eigenvalue weighted by atomic mass is 16.5. The standard InChI is InChI=1S/C24H27N7O5/c1-30(23(33)10-15-5-6-21-19(9-15)25-24(34)36-21)20(13-31-8-7-17(32)12-31)16-3-2-4-18(11-16)35-14-22-26-28-29-27-22/h2-6,9,11,17,20,32H,7-8,10,12-14H2,1H3,(H,25,34)(H,26,27,28,29)/t17-,20?/m1/s1. The number of likely N-dealkylation sites (tertiary alicyclic amines) is 1. The Morgan fingerprint density at radius 1 is 1.33 bits per heavy atom. The lowest BCUT2D eigenvalue weighted by Crippen LogP contribution is -2.39. The Morgan fingerprint density at radius 2 is 2.22 bits per heavy atom. The zero-order valence-corrected chi connectivity index (χ0v) is 19.8. The van der Waals surface area contributed by atoms with Crippen molar-refractivity contribution in [2.75, 3.05) is 26.7 Å². The molecule has 4 aromatic rings. The summed E-state index contributed by atoms with van der Waals surface area (Å²) in [5.41, 5.74) is 2.69. The van der Waals surface area contributed by atoms with Crippen LogP contribution in [0.1, 0.15) is 29.4 Å². The molecule has 1 aliphatic rings. The fraction of sp³-hybridized carbons (Fsp3) is 0.375. The normalized spacial score (nSPS) is 16.9. The zero-order valence-electron chi connectivity index (χ0n) is 19.8. The van der Waals surface area contributed by atoms with Gasteiger partial charge in [-0.05, 0) is 41.8 Å². The first-order valence-electron chi connectivity index (χ1n) is 11.7. The molecule has 12 nitrogen and oxygen atoms in total. The second kappa shape index (κ2) is 10.3. The van der Waals surface area contributed by atoms with Crippen LogP contribution in [0.2, 0.25) is 0 Å². The van der Waals surface area contributed by atoms with E-state index < -0.39 is 5.76 Å². The topological polar surface area (TPSA) is 153 Å². The van der Waals surface area contributed by atoms with E-state index in [1.54, 1.807) is 30.1 Å². The van der Waals surface area contributed by atoms with Crippen LogP contribution < -0.4 is 10.5 Å². The number of β-amino-alcohol motifs (C(OH)–C–C–N with tert-alkyl or cyclic N) is 1. The van der Waals surface area contributed by atoms with E-state index in [4.69, 9.17) is 9.15 Å². The molecule has 1 unspecified atom stereocenters. The van der Waals surface area contributed by atoms with Gasteiger partial charge in [-0.3, -0.25) is 14.7 Å². The van der Waals surface area contributed by atoms with Gasteiger partial charge in [0.05, 0.1) is 24.1 Å². The first-order chi connectivity index (χ1) is 17.4. The summed E-state index contributed by atoms with van der Waals surface area (Å²) in [4.78, 5) is 31.4. The minimum Gasteiger partial charge on any atom is -0.485 e. The van der Waals surface area contributed by atoms with E-state index in [1.807, 2.05) is 24.3 Å². The van der Waals surface area contributed by atoms with Crippen LogP contribution in [0.25, 0.3) is 11.1 Å². The molecule has 36 heavy (non-hydrogen) atoms. The lowest BCUT2D eigenvalue weighted by Gasteiger charge is -2.32. The van der Waals surface area contributed by atoms with Gasteiger partial charge in [0.15, 0.2) is 12.2 Å². The lowest BCUT2D eigenvalue weighted by molar-refractivity contribution is -0.131. The number of H-pyrrole nitrogens is 2. The van der Waals surface area contributed by atoms with Crippen LogP contribution in [0.5, 0.6) is 5.75 Å². The Kier molecular flexibility index (Phi) is 6.78. The number of hydrogen-bond acceptors (Lipinski definition) is 9. The van der Waals surface area contributed by atoms with Gasteiger partial charge < -0.3 is 19.2 Å². The number of aromatic amines is 2. The summed E-state index contributed by atoms with van der Waals surface area (Å²) in [5, 5.41) is 23.7. The van der Waals surface area contributed by atoms with Gasteiger partial charge in [0.2, 0.25) is 11.7 Å². The molecule has 0 radical (unpaired) electrons. The summed E-state index contributed by atoms with van der Waals surface area (Å²) >= 11 is 0. The van der Waals surface area contributed by atoms with Crippen molar-refractivity contribution in [3.63, 3.8) is 0 Å². The summed E-state index contributed by atoms with van der Waals surface area (Å²) in [6.07, 6.45) is 0.508. The summed E-state index contributed by atoms with van der Waals surface area (Å²) in [5.74, 6) is 0.452. The smallest absolute Gasteiger partial charge is 0.417 e. The second-order valence-electron chi connectivity index (χ2n) is 8.93. The number of aromatic nitrogens is 5. The van der Waals surface area contributed by atoms with Crippen LogP contribution in [0, 0.1) is 0 Å². The number of aliphatic hydroxyl groups excluding tert-OH is 1. The molecule has 5 rings (SSSR count). The van der Waals surface area contributed by atoms with Crippen molar-refractivity contribution < 1.29 is 19.1 Å². The molecule has 3 N–H and O–H groups in total. The maximum atomic E-state index is 13.4. The molecule has 0 bridgehead atoms. The highest BCUT2D eigenvalue weighted by molar-refractivity contribution is 5.81. The zero-order chi connectivity index (χ0) is 25.1. The Morgan fingerprint density at radius 3 is 3.00 bits per heavy atom. The Labute approximate surface area is 205 Å². The summed E-state index contributed by atoms with van der Waals surface area (Å²) in [7, 11) is 1.78. The van der Waals surface area contributed by atoms with Crippen molar-refractivity contribution in [2.24, 2.45) is 0 Å². The van der Waals surface area contributed by atoms with E-state index in [-0.39, 0.29) is 31.1 Å². The van der Waals surface area contributed by atoms with Crippen molar-refractivity contribution in [3.05, 3.63) is 70.0 Å². The molecule has 0 spiro atoms. The lowest BCUT2D eigenvalue weighted by atomic mass is 10.0.